The van der Waals surface area contributed by atoms with E-state index < -0.39 is 0 Å². The highest BCUT2D eigenvalue weighted by Crippen LogP contribution is 2.39. The van der Waals surface area contributed by atoms with Gasteiger partial charge in [0, 0.05) is 11.6 Å². The van der Waals surface area contributed by atoms with Crippen LogP contribution in [0.2, 0.25) is 0 Å². The quantitative estimate of drug-likeness (QED) is 0.745. The maximum absolute atomic E-state index is 6.52. The van der Waals surface area contributed by atoms with Gasteiger partial charge in [-0.1, -0.05) is 38.8 Å². The second-order valence-corrected chi connectivity index (χ2v) is 6.11. The van der Waals surface area contributed by atoms with Gasteiger partial charge in [0.25, 0.3) is 0 Å². The zero-order valence-corrected chi connectivity index (χ0v) is 12.1. The summed E-state index contributed by atoms with van der Waals surface area (Å²) in [5.74, 6) is 0.798. The molecular formula is C15H30N2. The van der Waals surface area contributed by atoms with Crippen molar-refractivity contribution in [3.8, 4) is 0 Å². The largest absolute Gasteiger partial charge is 0.326 e. The summed E-state index contributed by atoms with van der Waals surface area (Å²) >= 11 is 0. The Bertz CT molecular complexity index is 260. The van der Waals surface area contributed by atoms with E-state index in [9.17, 15) is 0 Å². The standard InChI is InChI=1S/C15H30N2/c1-6-12(2)10-14(16)15(17(4)5)9-7-8-13(3)11-15/h13-14H,2,6-11,16H2,1,3-5H3. The van der Waals surface area contributed by atoms with Crippen LogP contribution in [0.25, 0.3) is 0 Å². The van der Waals surface area contributed by atoms with E-state index in [0.717, 1.165) is 18.8 Å². The van der Waals surface area contributed by atoms with Crippen LogP contribution < -0.4 is 5.73 Å². The molecular weight excluding hydrogens is 208 g/mol. The number of nitrogens with two attached hydrogens (primary N) is 1. The van der Waals surface area contributed by atoms with Crippen molar-refractivity contribution in [1.29, 1.82) is 0 Å². The summed E-state index contributed by atoms with van der Waals surface area (Å²) in [6, 6.07) is 0.229. The Balaban J connectivity index is 2.79. The lowest BCUT2D eigenvalue weighted by Gasteiger charge is -2.49. The van der Waals surface area contributed by atoms with E-state index in [1.54, 1.807) is 0 Å². The minimum atomic E-state index is 0.190. The first kappa shape index (κ1) is 14.7. The van der Waals surface area contributed by atoms with Crippen LogP contribution >= 0.6 is 0 Å². The van der Waals surface area contributed by atoms with Gasteiger partial charge in [-0.05, 0) is 45.7 Å². The third kappa shape index (κ3) is 3.32. The van der Waals surface area contributed by atoms with Crippen molar-refractivity contribution >= 4 is 0 Å². The van der Waals surface area contributed by atoms with Crippen LogP contribution in [0.4, 0.5) is 0 Å². The zero-order valence-electron chi connectivity index (χ0n) is 12.1. The molecule has 0 saturated heterocycles. The van der Waals surface area contributed by atoms with Gasteiger partial charge in [-0.3, -0.25) is 0 Å². The van der Waals surface area contributed by atoms with Crippen molar-refractivity contribution in [2.75, 3.05) is 14.1 Å². The summed E-state index contributed by atoms with van der Waals surface area (Å²) in [7, 11) is 4.37. The molecule has 0 radical (unpaired) electrons. The van der Waals surface area contributed by atoms with Gasteiger partial charge in [0.1, 0.15) is 0 Å². The fourth-order valence-corrected chi connectivity index (χ4v) is 3.28. The molecule has 0 aromatic rings. The Kier molecular flexibility index (Phi) is 5.21. The third-order valence-electron chi connectivity index (χ3n) is 4.60. The van der Waals surface area contributed by atoms with E-state index in [1.807, 2.05) is 0 Å². The highest BCUT2D eigenvalue weighted by atomic mass is 15.2. The summed E-state index contributed by atoms with van der Waals surface area (Å²) in [5, 5.41) is 0. The average Bonchev–Trinajstić information content (AvgIpc) is 2.28. The van der Waals surface area contributed by atoms with Crippen molar-refractivity contribution in [2.24, 2.45) is 11.7 Å². The van der Waals surface area contributed by atoms with Gasteiger partial charge < -0.3 is 10.6 Å². The molecule has 1 aliphatic carbocycles. The number of likely N-dealkylation sites (N-methyl/N-ethyl adjacent to an activating group) is 1. The predicted octanol–water partition coefficient (Wildman–Crippen LogP) is 3.18. The van der Waals surface area contributed by atoms with E-state index >= 15 is 0 Å². The monoisotopic (exact) mass is 238 g/mol. The van der Waals surface area contributed by atoms with E-state index in [4.69, 9.17) is 5.73 Å². The highest BCUT2D eigenvalue weighted by molar-refractivity contribution is 5.07. The first-order valence-electron chi connectivity index (χ1n) is 7.02. The molecule has 1 aliphatic rings. The first-order valence-corrected chi connectivity index (χ1v) is 7.02. The third-order valence-corrected chi connectivity index (χ3v) is 4.60. The van der Waals surface area contributed by atoms with Gasteiger partial charge in [0.2, 0.25) is 0 Å². The van der Waals surface area contributed by atoms with E-state index in [-0.39, 0.29) is 11.6 Å². The molecule has 1 fully saturated rings. The van der Waals surface area contributed by atoms with Crippen molar-refractivity contribution < 1.29 is 0 Å². The molecule has 0 heterocycles. The molecule has 0 amide bonds. The normalized spacial score (nSPS) is 31.5. The minimum absolute atomic E-state index is 0.190. The Morgan fingerprint density at radius 1 is 1.53 bits per heavy atom. The first-order chi connectivity index (χ1) is 7.92. The molecule has 0 bridgehead atoms. The fraction of sp³-hybridized carbons (Fsp3) is 0.867. The van der Waals surface area contributed by atoms with Gasteiger partial charge in [-0.15, -0.1) is 0 Å². The van der Waals surface area contributed by atoms with Crippen LogP contribution in [0.3, 0.4) is 0 Å². The molecule has 2 heteroatoms. The van der Waals surface area contributed by atoms with Crippen molar-refractivity contribution in [3.05, 3.63) is 12.2 Å². The minimum Gasteiger partial charge on any atom is -0.326 e. The summed E-state index contributed by atoms with van der Waals surface area (Å²) in [6.45, 7) is 8.65. The van der Waals surface area contributed by atoms with E-state index in [1.165, 1.54) is 31.3 Å². The lowest BCUT2D eigenvalue weighted by atomic mass is 9.70. The topological polar surface area (TPSA) is 29.3 Å². The van der Waals surface area contributed by atoms with Crippen LogP contribution in [-0.4, -0.2) is 30.6 Å². The number of hydrogen-bond acceptors (Lipinski definition) is 2. The molecule has 0 aromatic heterocycles. The lowest BCUT2D eigenvalue weighted by Crippen LogP contribution is -2.59. The summed E-state index contributed by atoms with van der Waals surface area (Å²) in [4.78, 5) is 2.37. The molecule has 1 rings (SSSR count). The molecule has 100 valence electrons. The smallest absolute Gasteiger partial charge is 0.0359 e. The van der Waals surface area contributed by atoms with Crippen molar-refractivity contribution in [3.63, 3.8) is 0 Å². The second-order valence-electron chi connectivity index (χ2n) is 6.11. The fourth-order valence-electron chi connectivity index (χ4n) is 3.28. The molecule has 2 nitrogen and oxygen atoms in total. The van der Waals surface area contributed by atoms with Gasteiger partial charge in [0.05, 0.1) is 0 Å². The van der Waals surface area contributed by atoms with Gasteiger partial charge >= 0.3 is 0 Å². The predicted molar refractivity (Wildman–Crippen MR) is 76.1 cm³/mol. The summed E-state index contributed by atoms with van der Waals surface area (Å²) in [5.41, 5.74) is 8.00. The van der Waals surface area contributed by atoms with Crippen molar-refractivity contribution in [1.82, 2.24) is 4.90 Å². The highest BCUT2D eigenvalue weighted by Gasteiger charge is 2.41. The molecule has 2 N–H and O–H groups in total. The molecule has 0 spiro atoms. The van der Waals surface area contributed by atoms with Crippen LogP contribution in [0.5, 0.6) is 0 Å². The van der Waals surface area contributed by atoms with E-state index in [2.05, 4.69) is 39.4 Å². The molecule has 1 saturated carbocycles. The van der Waals surface area contributed by atoms with E-state index in [0.29, 0.717) is 0 Å². The van der Waals surface area contributed by atoms with Crippen LogP contribution in [0, 0.1) is 5.92 Å². The molecule has 0 aromatic carbocycles. The number of rotatable bonds is 5. The molecule has 3 unspecified atom stereocenters. The van der Waals surface area contributed by atoms with Crippen LogP contribution in [0.15, 0.2) is 12.2 Å². The van der Waals surface area contributed by atoms with Crippen molar-refractivity contribution in [2.45, 2.75) is 64.0 Å². The maximum Gasteiger partial charge on any atom is 0.0359 e. The molecule has 17 heavy (non-hydrogen) atoms. The Hall–Kier alpha value is -0.340. The second kappa shape index (κ2) is 6.01. The molecule has 3 atom stereocenters. The zero-order chi connectivity index (χ0) is 13.1. The van der Waals surface area contributed by atoms with Crippen LogP contribution in [0.1, 0.15) is 52.4 Å². The SMILES string of the molecule is C=C(CC)CC(N)C1(N(C)C)CCCC(C)C1. The lowest BCUT2D eigenvalue weighted by molar-refractivity contribution is 0.0502. The Labute approximate surface area is 107 Å². The van der Waals surface area contributed by atoms with Gasteiger partial charge in [0.15, 0.2) is 0 Å². The number of nitrogens with zero attached hydrogens (tertiary/aromatic N) is 1. The Morgan fingerprint density at radius 3 is 2.65 bits per heavy atom. The molecule has 0 aliphatic heterocycles. The van der Waals surface area contributed by atoms with Gasteiger partial charge in [-0.2, -0.15) is 0 Å². The average molecular weight is 238 g/mol. The van der Waals surface area contributed by atoms with Gasteiger partial charge in [-0.25, -0.2) is 0 Å². The maximum atomic E-state index is 6.52. The summed E-state index contributed by atoms with van der Waals surface area (Å²) < 4.78 is 0. The summed E-state index contributed by atoms with van der Waals surface area (Å²) in [6.07, 6.45) is 7.16. The number of hydrogen-bond donors (Lipinski definition) is 1. The van der Waals surface area contributed by atoms with Crippen LogP contribution in [-0.2, 0) is 0 Å². The Morgan fingerprint density at radius 2 is 2.18 bits per heavy atom.